The van der Waals surface area contributed by atoms with Crippen molar-refractivity contribution in [2.45, 2.75) is 0 Å². The molecule has 0 unspecified atom stereocenters. The molecule has 0 aliphatic heterocycles. The van der Waals surface area contributed by atoms with E-state index in [1.54, 1.807) is 0 Å². The van der Waals surface area contributed by atoms with Crippen LogP contribution in [0.5, 0.6) is 0 Å². The molecule has 43 valence electrons. The molecule has 0 amide bonds. The first kappa shape index (κ1) is 8.92. The van der Waals surface area contributed by atoms with Gasteiger partial charge in [0.05, 0.1) is 0 Å². The number of halogens is 5. The molecule has 6 heavy (non-hydrogen) atoms. The van der Waals surface area contributed by atoms with Crippen LogP contribution in [0.25, 0.3) is 0 Å². The maximum atomic E-state index is 3.29. The van der Waals surface area contributed by atoms with Crippen LogP contribution >= 0.6 is 70.6 Å². The molecule has 0 N–H and O–H groups in total. The Kier molecular flexibility index (Phi) is 3.38. The second kappa shape index (κ2) is 2.27. The van der Waals surface area contributed by atoms with Crippen molar-refractivity contribution in [2.75, 3.05) is 0 Å². The van der Waals surface area contributed by atoms with Crippen LogP contribution in [0, 0.1) is 0 Å². The summed E-state index contributed by atoms with van der Waals surface area (Å²) in [5.74, 6) is 0. The maximum absolute atomic E-state index is 3.29. The summed E-state index contributed by atoms with van der Waals surface area (Å²) in [7, 11) is 0. The van der Waals surface area contributed by atoms with E-state index in [0.717, 1.165) is 0 Å². The van der Waals surface area contributed by atoms with Crippen molar-refractivity contribution in [1.29, 1.82) is 0 Å². The summed E-state index contributed by atoms with van der Waals surface area (Å²) in [6, 6.07) is 0. The first-order valence-electron chi connectivity index (χ1n) is 0.668. The van der Waals surface area contributed by atoms with E-state index in [1.807, 2.05) is 0 Å². The molecule has 0 aromatic carbocycles. The van der Waals surface area contributed by atoms with E-state index in [2.05, 4.69) is 70.6 Å². The summed E-state index contributed by atoms with van der Waals surface area (Å²) in [6.45, 7) is 0. The Morgan fingerprint density at radius 3 is 0.667 bits per heavy atom. The van der Waals surface area contributed by atoms with E-state index >= 15 is 0 Å². The molecule has 0 aromatic rings. The minimum absolute atomic E-state index is 2.09. The van der Waals surface area contributed by atoms with Gasteiger partial charge in [0.15, 0.2) is 0 Å². The average Bonchev–Trinajstić information content (AvgIpc) is 0.650. The van der Waals surface area contributed by atoms with Gasteiger partial charge in [-0.15, -0.1) is 0 Å². The van der Waals surface area contributed by atoms with Crippen LogP contribution < -0.4 is 0 Å². The molecule has 0 aliphatic carbocycles. The predicted molar refractivity (Wildman–Crippen MR) is 44.6 cm³/mol. The molecule has 0 rings (SSSR count). The van der Waals surface area contributed by atoms with Gasteiger partial charge in [0.2, 0.25) is 0 Å². The molecule has 0 atom stereocenters. The molecular formula is Br5Fe. The summed E-state index contributed by atoms with van der Waals surface area (Å²) in [4.78, 5) is 0. The zero-order valence-corrected chi connectivity index (χ0v) is 11.3. The van der Waals surface area contributed by atoms with Gasteiger partial charge in [-0.1, -0.05) is 0 Å². The van der Waals surface area contributed by atoms with Gasteiger partial charge < -0.3 is 0 Å². The Hall–Kier alpha value is 2.92. The van der Waals surface area contributed by atoms with Gasteiger partial charge in [-0.05, 0) is 0 Å². The van der Waals surface area contributed by atoms with Crippen molar-refractivity contribution in [3.63, 3.8) is 0 Å². The molecule has 0 aromatic heterocycles. The molecule has 0 saturated heterocycles. The molecule has 0 fully saturated rings. The number of hydrogen-bond donors (Lipinski definition) is 0. The van der Waals surface area contributed by atoms with Gasteiger partial charge in [-0.2, -0.15) is 0 Å². The third-order valence-corrected chi connectivity index (χ3v) is 0. The molecule has 0 radical (unpaired) electrons. The zero-order chi connectivity index (χ0) is 5.45. The van der Waals surface area contributed by atoms with Crippen molar-refractivity contribution in [1.82, 2.24) is 0 Å². The second-order valence-electron chi connectivity index (χ2n) is 0.505. The average molecular weight is 455 g/mol. The summed E-state index contributed by atoms with van der Waals surface area (Å²) in [6.07, 6.45) is 0. The molecule has 0 spiro atoms. The van der Waals surface area contributed by atoms with Crippen molar-refractivity contribution in [3.05, 3.63) is 0 Å². The van der Waals surface area contributed by atoms with E-state index in [-0.39, 0.29) is 0 Å². The van der Waals surface area contributed by atoms with E-state index < -0.39 is 2.75 Å². The van der Waals surface area contributed by atoms with E-state index in [0.29, 0.717) is 0 Å². The van der Waals surface area contributed by atoms with Gasteiger partial charge in [-0.25, -0.2) is 0 Å². The van der Waals surface area contributed by atoms with Crippen LogP contribution in [0.1, 0.15) is 0 Å². The topological polar surface area (TPSA) is 0 Å². The fraction of sp³-hybridized carbons (Fsp3) is 0. The Bertz CT molecular complexity index is 37.1. The van der Waals surface area contributed by atoms with Gasteiger partial charge in [0, 0.05) is 0 Å². The number of rotatable bonds is 0. The molecular weight excluding hydrogens is 455 g/mol. The van der Waals surface area contributed by atoms with Gasteiger partial charge in [-0.3, -0.25) is 0 Å². The van der Waals surface area contributed by atoms with Crippen molar-refractivity contribution >= 4 is 70.6 Å². The van der Waals surface area contributed by atoms with Crippen LogP contribution in [0.2, 0.25) is 0 Å². The third kappa shape index (κ3) is 28.4. The van der Waals surface area contributed by atoms with E-state index in [4.69, 9.17) is 0 Å². The Morgan fingerprint density at radius 1 is 0.667 bits per heavy atom. The van der Waals surface area contributed by atoms with Crippen molar-refractivity contribution < 1.29 is 2.75 Å². The van der Waals surface area contributed by atoms with Crippen molar-refractivity contribution in [2.24, 2.45) is 0 Å². The van der Waals surface area contributed by atoms with E-state index in [9.17, 15) is 0 Å². The van der Waals surface area contributed by atoms with Gasteiger partial charge in [0.25, 0.3) is 0 Å². The zero-order valence-electron chi connectivity index (χ0n) is 2.24. The fourth-order valence-corrected chi connectivity index (χ4v) is 0. The fourth-order valence-electron chi connectivity index (χ4n) is 0. The van der Waals surface area contributed by atoms with Crippen molar-refractivity contribution in [3.8, 4) is 0 Å². The van der Waals surface area contributed by atoms with Crippen LogP contribution in [-0.2, 0) is 2.75 Å². The monoisotopic (exact) mass is 451 g/mol. The van der Waals surface area contributed by atoms with E-state index in [1.165, 1.54) is 0 Å². The Balaban J connectivity index is 3.73. The standard InChI is InChI=1S/5BrH.Fe/h5*1H;/q;;;;;+5/p-5. The SMILES string of the molecule is [Br][Fe]([Br])([Br])([Br])[Br]. The van der Waals surface area contributed by atoms with Gasteiger partial charge >= 0.3 is 73.3 Å². The van der Waals surface area contributed by atoms with Crippen LogP contribution in [0.15, 0.2) is 0 Å². The quantitative estimate of drug-likeness (QED) is 0.480. The summed E-state index contributed by atoms with van der Waals surface area (Å²) in [5.41, 5.74) is 0. The molecule has 0 bridgehead atoms. The summed E-state index contributed by atoms with van der Waals surface area (Å²) < 4.78 is -2.09. The van der Waals surface area contributed by atoms with Crippen LogP contribution in [-0.4, -0.2) is 0 Å². The first-order valence-corrected chi connectivity index (χ1v) is 14.3. The predicted octanol–water partition coefficient (Wildman–Crippen LogP) is 4.23. The summed E-state index contributed by atoms with van der Waals surface area (Å²) in [5, 5.41) is 0. The molecule has 0 aliphatic rings. The van der Waals surface area contributed by atoms with Gasteiger partial charge in [0.1, 0.15) is 0 Å². The molecule has 0 heterocycles. The third-order valence-electron chi connectivity index (χ3n) is 0. The van der Waals surface area contributed by atoms with Crippen LogP contribution in [0.4, 0.5) is 0 Å². The Labute approximate surface area is 71.9 Å². The van der Waals surface area contributed by atoms with Crippen LogP contribution in [0.3, 0.4) is 0 Å². The molecule has 0 nitrogen and oxygen atoms in total. The molecule has 0 saturated carbocycles. The second-order valence-corrected chi connectivity index (χ2v) is 56.2. The first-order chi connectivity index (χ1) is 2.24. The Morgan fingerprint density at radius 2 is 0.667 bits per heavy atom. The number of hydrogen-bond acceptors (Lipinski definition) is 0. The normalized spacial score (nSPS) is 19.2. The molecule has 6 heteroatoms. The minimum atomic E-state index is -2.09. The summed E-state index contributed by atoms with van der Waals surface area (Å²) >= 11 is 16.4.